The number of oxazole rings is 1. The monoisotopic (exact) mass is 256 g/mol. The SMILES string of the molecule is CC(C)c1nc(N)oc1-c1ccc2c(c1)ncn2C. The molecule has 0 saturated heterocycles. The number of aromatic nitrogens is 3. The molecule has 2 aromatic heterocycles. The number of aryl methyl sites for hydroxylation is 1. The molecule has 2 heterocycles. The summed E-state index contributed by atoms with van der Waals surface area (Å²) in [6, 6.07) is 6.25. The highest BCUT2D eigenvalue weighted by Gasteiger charge is 2.17. The average molecular weight is 256 g/mol. The minimum atomic E-state index is 0.208. The van der Waals surface area contributed by atoms with E-state index in [1.54, 1.807) is 6.33 Å². The Labute approximate surface area is 111 Å². The minimum Gasteiger partial charge on any atom is -0.423 e. The van der Waals surface area contributed by atoms with Crippen molar-refractivity contribution in [1.29, 1.82) is 0 Å². The van der Waals surface area contributed by atoms with Gasteiger partial charge in [0.2, 0.25) is 0 Å². The molecule has 0 fully saturated rings. The van der Waals surface area contributed by atoms with Crippen LogP contribution in [0.25, 0.3) is 22.4 Å². The first-order valence-electron chi connectivity index (χ1n) is 6.24. The van der Waals surface area contributed by atoms with Crippen molar-refractivity contribution in [3.8, 4) is 11.3 Å². The van der Waals surface area contributed by atoms with Crippen LogP contribution in [-0.2, 0) is 7.05 Å². The van der Waals surface area contributed by atoms with Crippen molar-refractivity contribution in [3.63, 3.8) is 0 Å². The van der Waals surface area contributed by atoms with Crippen molar-refractivity contribution < 1.29 is 4.42 Å². The van der Waals surface area contributed by atoms with Gasteiger partial charge < -0.3 is 14.7 Å². The summed E-state index contributed by atoms with van der Waals surface area (Å²) in [4.78, 5) is 8.61. The molecule has 0 aliphatic rings. The molecule has 0 spiro atoms. The molecule has 0 aliphatic carbocycles. The van der Waals surface area contributed by atoms with Crippen LogP contribution in [0.2, 0.25) is 0 Å². The van der Waals surface area contributed by atoms with Gasteiger partial charge in [-0.2, -0.15) is 4.98 Å². The van der Waals surface area contributed by atoms with Gasteiger partial charge in [-0.05, 0) is 24.1 Å². The molecule has 0 atom stereocenters. The number of rotatable bonds is 2. The number of nitrogen functional groups attached to an aromatic ring is 1. The number of fused-ring (bicyclic) bond motifs is 1. The second kappa shape index (κ2) is 4.12. The summed E-state index contributed by atoms with van der Waals surface area (Å²) in [5, 5.41) is 0. The van der Waals surface area contributed by atoms with E-state index in [-0.39, 0.29) is 11.9 Å². The quantitative estimate of drug-likeness (QED) is 0.765. The number of anilines is 1. The average Bonchev–Trinajstić information content (AvgIpc) is 2.93. The van der Waals surface area contributed by atoms with E-state index in [0.717, 1.165) is 28.1 Å². The summed E-state index contributed by atoms with van der Waals surface area (Å²) < 4.78 is 7.53. The summed E-state index contributed by atoms with van der Waals surface area (Å²) in [6.45, 7) is 4.14. The van der Waals surface area contributed by atoms with Crippen LogP contribution >= 0.6 is 0 Å². The second-order valence-electron chi connectivity index (χ2n) is 4.98. The molecule has 5 heteroatoms. The third kappa shape index (κ3) is 1.87. The van der Waals surface area contributed by atoms with E-state index in [2.05, 4.69) is 23.8 Å². The minimum absolute atomic E-state index is 0.208. The van der Waals surface area contributed by atoms with Gasteiger partial charge in [-0.3, -0.25) is 0 Å². The molecule has 3 aromatic rings. The molecular weight excluding hydrogens is 240 g/mol. The smallest absolute Gasteiger partial charge is 0.292 e. The molecule has 0 bridgehead atoms. The Balaban J connectivity index is 2.18. The van der Waals surface area contributed by atoms with Gasteiger partial charge in [0, 0.05) is 12.6 Å². The Morgan fingerprint density at radius 3 is 2.84 bits per heavy atom. The normalized spacial score (nSPS) is 11.6. The van der Waals surface area contributed by atoms with E-state index in [1.807, 2.05) is 29.8 Å². The first-order chi connectivity index (χ1) is 9.06. The highest BCUT2D eigenvalue weighted by molar-refractivity contribution is 5.81. The molecule has 19 heavy (non-hydrogen) atoms. The number of imidazole rings is 1. The molecule has 0 radical (unpaired) electrons. The predicted octanol–water partition coefficient (Wildman–Crippen LogP) is 2.93. The molecule has 1 aromatic carbocycles. The van der Waals surface area contributed by atoms with Crippen molar-refractivity contribution in [3.05, 3.63) is 30.2 Å². The Kier molecular flexibility index (Phi) is 2.55. The fourth-order valence-corrected chi connectivity index (χ4v) is 2.22. The standard InChI is InChI=1S/C14H16N4O/c1-8(2)12-13(19-14(15)17-12)9-4-5-11-10(6-9)16-7-18(11)3/h4-8H,1-3H3,(H2,15,17). The van der Waals surface area contributed by atoms with Crippen molar-refractivity contribution in [2.75, 3.05) is 5.73 Å². The molecule has 0 unspecified atom stereocenters. The van der Waals surface area contributed by atoms with Gasteiger partial charge in [-0.1, -0.05) is 13.8 Å². The Morgan fingerprint density at radius 2 is 2.11 bits per heavy atom. The number of benzene rings is 1. The maximum absolute atomic E-state index is 5.67. The topological polar surface area (TPSA) is 69.9 Å². The Morgan fingerprint density at radius 1 is 1.32 bits per heavy atom. The van der Waals surface area contributed by atoms with Gasteiger partial charge in [-0.15, -0.1) is 0 Å². The van der Waals surface area contributed by atoms with Gasteiger partial charge in [0.15, 0.2) is 5.76 Å². The Hall–Kier alpha value is -2.30. The van der Waals surface area contributed by atoms with Crippen LogP contribution < -0.4 is 5.73 Å². The van der Waals surface area contributed by atoms with E-state index in [9.17, 15) is 0 Å². The van der Waals surface area contributed by atoms with E-state index < -0.39 is 0 Å². The summed E-state index contributed by atoms with van der Waals surface area (Å²) in [7, 11) is 1.97. The molecular formula is C14H16N4O. The number of nitrogens with zero attached hydrogens (tertiary/aromatic N) is 3. The van der Waals surface area contributed by atoms with Gasteiger partial charge in [0.1, 0.15) is 0 Å². The lowest BCUT2D eigenvalue weighted by Gasteiger charge is -2.04. The fourth-order valence-electron chi connectivity index (χ4n) is 2.22. The van der Waals surface area contributed by atoms with Gasteiger partial charge in [0.25, 0.3) is 6.01 Å². The van der Waals surface area contributed by atoms with Crippen LogP contribution in [0, 0.1) is 0 Å². The predicted molar refractivity (Wildman–Crippen MR) is 74.7 cm³/mol. The second-order valence-corrected chi connectivity index (χ2v) is 4.98. The van der Waals surface area contributed by atoms with Gasteiger partial charge in [0.05, 0.1) is 23.1 Å². The lowest BCUT2D eigenvalue weighted by atomic mass is 10.0. The molecule has 0 aliphatic heterocycles. The first kappa shape index (κ1) is 11.8. The zero-order valence-electron chi connectivity index (χ0n) is 11.2. The molecule has 0 amide bonds. The van der Waals surface area contributed by atoms with Crippen molar-refractivity contribution in [2.24, 2.45) is 7.05 Å². The highest BCUT2D eigenvalue weighted by atomic mass is 16.4. The third-order valence-electron chi connectivity index (χ3n) is 3.20. The number of nitrogens with two attached hydrogens (primary N) is 1. The first-order valence-corrected chi connectivity index (χ1v) is 6.24. The maximum atomic E-state index is 5.67. The summed E-state index contributed by atoms with van der Waals surface area (Å²) in [5.74, 6) is 0.996. The molecule has 98 valence electrons. The molecule has 3 rings (SSSR count). The van der Waals surface area contributed by atoms with Gasteiger partial charge >= 0.3 is 0 Å². The maximum Gasteiger partial charge on any atom is 0.292 e. The van der Waals surface area contributed by atoms with E-state index in [4.69, 9.17) is 10.2 Å². The lowest BCUT2D eigenvalue weighted by molar-refractivity contribution is 0.592. The molecule has 5 nitrogen and oxygen atoms in total. The van der Waals surface area contributed by atoms with Crippen LogP contribution in [0.1, 0.15) is 25.5 Å². The van der Waals surface area contributed by atoms with Crippen molar-refractivity contribution >= 4 is 17.0 Å². The van der Waals surface area contributed by atoms with Crippen LogP contribution in [0.3, 0.4) is 0 Å². The molecule has 2 N–H and O–H groups in total. The lowest BCUT2D eigenvalue weighted by Crippen LogP contribution is -1.92. The zero-order chi connectivity index (χ0) is 13.6. The number of hydrogen-bond acceptors (Lipinski definition) is 4. The summed E-state index contributed by atoms with van der Waals surface area (Å²) >= 11 is 0. The van der Waals surface area contributed by atoms with Crippen LogP contribution in [0.4, 0.5) is 6.01 Å². The fraction of sp³-hybridized carbons (Fsp3) is 0.286. The van der Waals surface area contributed by atoms with Crippen LogP contribution in [-0.4, -0.2) is 14.5 Å². The van der Waals surface area contributed by atoms with E-state index in [1.165, 1.54) is 0 Å². The summed E-state index contributed by atoms with van der Waals surface area (Å²) in [6.07, 6.45) is 1.80. The number of hydrogen-bond donors (Lipinski definition) is 1. The van der Waals surface area contributed by atoms with E-state index >= 15 is 0 Å². The van der Waals surface area contributed by atoms with Crippen LogP contribution in [0.5, 0.6) is 0 Å². The summed E-state index contributed by atoms with van der Waals surface area (Å²) in [5.41, 5.74) is 9.53. The Bertz CT molecular complexity index is 739. The van der Waals surface area contributed by atoms with Gasteiger partial charge in [-0.25, -0.2) is 4.98 Å². The third-order valence-corrected chi connectivity index (χ3v) is 3.20. The zero-order valence-corrected chi connectivity index (χ0v) is 11.2. The van der Waals surface area contributed by atoms with Crippen molar-refractivity contribution in [2.45, 2.75) is 19.8 Å². The molecule has 0 saturated carbocycles. The van der Waals surface area contributed by atoms with Crippen LogP contribution in [0.15, 0.2) is 28.9 Å². The van der Waals surface area contributed by atoms with Crippen molar-refractivity contribution in [1.82, 2.24) is 14.5 Å². The highest BCUT2D eigenvalue weighted by Crippen LogP contribution is 2.32. The largest absolute Gasteiger partial charge is 0.423 e. The van der Waals surface area contributed by atoms with E-state index in [0.29, 0.717) is 0 Å².